The monoisotopic (exact) mass is 217 g/mol. The van der Waals surface area contributed by atoms with Crippen LogP contribution in [0.5, 0.6) is 0 Å². The first-order chi connectivity index (χ1) is 7.45. The molecule has 2 aromatic rings. The number of aliphatic hydroxyl groups excluding tert-OH is 1. The van der Waals surface area contributed by atoms with Crippen LogP contribution >= 0.6 is 0 Å². The third-order valence-corrected chi connectivity index (χ3v) is 3.49. The summed E-state index contributed by atoms with van der Waals surface area (Å²) in [6.45, 7) is 8.49. The maximum Gasteiger partial charge on any atom is 0.0522 e. The van der Waals surface area contributed by atoms with Crippen LogP contribution in [-0.4, -0.2) is 16.7 Å². The molecule has 0 spiro atoms. The second-order valence-electron chi connectivity index (χ2n) is 5.18. The summed E-state index contributed by atoms with van der Waals surface area (Å²) < 4.78 is 0. The van der Waals surface area contributed by atoms with Gasteiger partial charge in [0.2, 0.25) is 0 Å². The molecule has 0 unspecified atom stereocenters. The molecular weight excluding hydrogens is 198 g/mol. The van der Waals surface area contributed by atoms with Gasteiger partial charge in [-0.15, -0.1) is 0 Å². The van der Waals surface area contributed by atoms with E-state index in [0.717, 1.165) is 5.52 Å². The van der Waals surface area contributed by atoms with E-state index in [1.165, 1.54) is 22.2 Å². The molecule has 0 saturated carbocycles. The highest BCUT2D eigenvalue weighted by molar-refractivity contribution is 5.85. The molecule has 0 atom stereocenters. The number of H-pyrrole nitrogens is 1. The first-order valence-corrected chi connectivity index (χ1v) is 5.66. The lowest BCUT2D eigenvalue weighted by atomic mass is 9.85. The molecule has 0 aliphatic carbocycles. The summed E-state index contributed by atoms with van der Waals surface area (Å²) in [6, 6.07) is 6.39. The van der Waals surface area contributed by atoms with Gasteiger partial charge in [-0.1, -0.05) is 26.0 Å². The van der Waals surface area contributed by atoms with Gasteiger partial charge in [0.05, 0.1) is 6.61 Å². The summed E-state index contributed by atoms with van der Waals surface area (Å²) in [5, 5.41) is 10.6. The van der Waals surface area contributed by atoms with Crippen LogP contribution in [0.4, 0.5) is 0 Å². The summed E-state index contributed by atoms with van der Waals surface area (Å²) in [5.74, 6) is 0. The van der Waals surface area contributed by atoms with Gasteiger partial charge in [-0.25, -0.2) is 0 Å². The van der Waals surface area contributed by atoms with Crippen LogP contribution in [0.15, 0.2) is 18.2 Å². The highest BCUT2D eigenvalue weighted by Gasteiger charge is 2.20. The van der Waals surface area contributed by atoms with E-state index in [-0.39, 0.29) is 12.0 Å². The standard InChI is InChI=1S/C14H19NO/c1-9-10(2)15-13-7-11(5-6-12(9)13)14(3,4)8-16/h5-7,15-16H,8H2,1-4H3. The van der Waals surface area contributed by atoms with Gasteiger partial charge in [0, 0.05) is 22.0 Å². The third-order valence-electron chi connectivity index (χ3n) is 3.49. The van der Waals surface area contributed by atoms with Gasteiger partial charge in [-0.2, -0.15) is 0 Å². The minimum absolute atomic E-state index is 0.164. The number of fused-ring (bicyclic) bond motifs is 1. The van der Waals surface area contributed by atoms with Crippen LogP contribution in [-0.2, 0) is 5.41 Å². The zero-order valence-corrected chi connectivity index (χ0v) is 10.4. The number of rotatable bonds is 2. The minimum Gasteiger partial charge on any atom is -0.395 e. The number of nitrogens with one attached hydrogen (secondary N) is 1. The first-order valence-electron chi connectivity index (χ1n) is 5.66. The van der Waals surface area contributed by atoms with Gasteiger partial charge in [-0.3, -0.25) is 0 Å². The molecular formula is C14H19NO. The number of aryl methyl sites for hydroxylation is 2. The predicted molar refractivity (Wildman–Crippen MR) is 67.9 cm³/mol. The molecule has 16 heavy (non-hydrogen) atoms. The van der Waals surface area contributed by atoms with Crippen LogP contribution in [0.2, 0.25) is 0 Å². The SMILES string of the molecule is Cc1[nH]c2cc(C(C)(C)CO)ccc2c1C. The normalized spacial score (nSPS) is 12.3. The predicted octanol–water partition coefficient (Wildman–Crippen LogP) is 3.05. The number of hydrogen-bond acceptors (Lipinski definition) is 1. The fourth-order valence-electron chi connectivity index (χ4n) is 1.98. The number of aliphatic hydroxyl groups is 1. The van der Waals surface area contributed by atoms with Gasteiger partial charge in [0.1, 0.15) is 0 Å². The molecule has 86 valence electrons. The Balaban J connectivity index is 2.61. The topological polar surface area (TPSA) is 36.0 Å². The number of benzene rings is 1. The lowest BCUT2D eigenvalue weighted by Gasteiger charge is -2.22. The van der Waals surface area contributed by atoms with Gasteiger partial charge in [-0.05, 0) is 31.0 Å². The Kier molecular flexibility index (Phi) is 2.55. The van der Waals surface area contributed by atoms with Gasteiger partial charge in [0.25, 0.3) is 0 Å². The van der Waals surface area contributed by atoms with Crippen molar-refractivity contribution in [1.82, 2.24) is 4.98 Å². The molecule has 0 fully saturated rings. The maximum atomic E-state index is 9.37. The molecule has 2 N–H and O–H groups in total. The Hall–Kier alpha value is -1.28. The molecule has 0 amide bonds. The molecule has 2 rings (SSSR count). The molecule has 2 nitrogen and oxygen atoms in total. The van der Waals surface area contributed by atoms with Crippen molar-refractivity contribution in [2.75, 3.05) is 6.61 Å². The summed E-state index contributed by atoms with van der Waals surface area (Å²) in [4.78, 5) is 3.38. The van der Waals surface area contributed by atoms with Crippen molar-refractivity contribution in [2.24, 2.45) is 0 Å². The first kappa shape index (κ1) is 11.2. The highest BCUT2D eigenvalue weighted by atomic mass is 16.3. The Morgan fingerprint density at radius 2 is 1.94 bits per heavy atom. The molecule has 0 aliphatic rings. The van der Waals surface area contributed by atoms with Crippen molar-refractivity contribution in [3.63, 3.8) is 0 Å². The van der Waals surface area contributed by atoms with Crippen LogP contribution in [0.25, 0.3) is 10.9 Å². The van der Waals surface area contributed by atoms with Crippen molar-refractivity contribution < 1.29 is 5.11 Å². The van der Waals surface area contributed by atoms with E-state index in [1.807, 2.05) is 0 Å². The van der Waals surface area contributed by atoms with Gasteiger partial charge in [0.15, 0.2) is 0 Å². The Labute approximate surface area is 96.3 Å². The number of aromatic nitrogens is 1. The number of aromatic amines is 1. The van der Waals surface area contributed by atoms with Crippen molar-refractivity contribution in [2.45, 2.75) is 33.1 Å². The van der Waals surface area contributed by atoms with Gasteiger partial charge >= 0.3 is 0 Å². The highest BCUT2D eigenvalue weighted by Crippen LogP contribution is 2.28. The quantitative estimate of drug-likeness (QED) is 0.797. The van der Waals surface area contributed by atoms with Crippen LogP contribution in [0, 0.1) is 13.8 Å². The molecule has 1 aromatic carbocycles. The van der Waals surface area contributed by atoms with E-state index in [9.17, 15) is 5.11 Å². The molecule has 0 aliphatic heterocycles. The lowest BCUT2D eigenvalue weighted by Crippen LogP contribution is -2.21. The Bertz CT molecular complexity index is 523. The molecule has 0 radical (unpaired) electrons. The van der Waals surface area contributed by atoms with Crippen molar-refractivity contribution in [3.8, 4) is 0 Å². The van der Waals surface area contributed by atoms with E-state index < -0.39 is 0 Å². The van der Waals surface area contributed by atoms with E-state index in [4.69, 9.17) is 0 Å². The van der Waals surface area contributed by atoms with Crippen molar-refractivity contribution in [1.29, 1.82) is 0 Å². The summed E-state index contributed by atoms with van der Waals surface area (Å²) >= 11 is 0. The van der Waals surface area contributed by atoms with E-state index in [1.54, 1.807) is 0 Å². The van der Waals surface area contributed by atoms with Crippen LogP contribution in [0.1, 0.15) is 30.7 Å². The van der Waals surface area contributed by atoms with E-state index in [2.05, 4.69) is 50.9 Å². The van der Waals surface area contributed by atoms with Crippen molar-refractivity contribution >= 4 is 10.9 Å². The molecule has 2 heteroatoms. The summed E-state index contributed by atoms with van der Waals surface area (Å²) in [6.07, 6.45) is 0. The second kappa shape index (κ2) is 3.63. The molecule has 0 saturated heterocycles. The zero-order chi connectivity index (χ0) is 11.9. The lowest BCUT2D eigenvalue weighted by molar-refractivity contribution is 0.218. The largest absolute Gasteiger partial charge is 0.395 e. The minimum atomic E-state index is -0.179. The Morgan fingerprint density at radius 3 is 2.56 bits per heavy atom. The average molecular weight is 217 g/mol. The van der Waals surface area contributed by atoms with Crippen LogP contribution in [0.3, 0.4) is 0 Å². The second-order valence-corrected chi connectivity index (χ2v) is 5.18. The fraction of sp³-hybridized carbons (Fsp3) is 0.429. The summed E-state index contributed by atoms with van der Waals surface area (Å²) in [7, 11) is 0. The average Bonchev–Trinajstić information content (AvgIpc) is 2.54. The van der Waals surface area contributed by atoms with Gasteiger partial charge < -0.3 is 10.1 Å². The maximum absolute atomic E-state index is 9.37. The van der Waals surface area contributed by atoms with Crippen LogP contribution < -0.4 is 0 Å². The molecule has 1 heterocycles. The summed E-state index contributed by atoms with van der Waals surface area (Å²) in [5.41, 5.74) is 4.68. The molecule has 1 aromatic heterocycles. The van der Waals surface area contributed by atoms with E-state index >= 15 is 0 Å². The smallest absolute Gasteiger partial charge is 0.0522 e. The number of hydrogen-bond donors (Lipinski definition) is 2. The van der Waals surface area contributed by atoms with E-state index in [0.29, 0.717) is 0 Å². The zero-order valence-electron chi connectivity index (χ0n) is 10.4. The fourth-order valence-corrected chi connectivity index (χ4v) is 1.98. The third kappa shape index (κ3) is 1.63. The molecule has 0 bridgehead atoms. The Morgan fingerprint density at radius 1 is 1.25 bits per heavy atom. The van der Waals surface area contributed by atoms with Crippen molar-refractivity contribution in [3.05, 3.63) is 35.0 Å².